The molecule has 1 heterocycles. The Morgan fingerprint density at radius 3 is 2.48 bits per heavy atom. The van der Waals surface area contributed by atoms with E-state index in [1.807, 2.05) is 11.5 Å². The van der Waals surface area contributed by atoms with Gasteiger partial charge in [-0.2, -0.15) is 0 Å². The molecule has 0 radical (unpaired) electrons. The standard InChI is InChI=1S/C16H21Cl3N6O.HI/c1-3-14-24-23-10-25(14)6-4-21-16(20-2)22-5-7-26-15-12(18)8-11(17)9-13(15)19;/h8-10H,3-7H2,1-2H3,(H2,20,21,22);1H. The average molecular weight is 548 g/mol. The second-order valence-electron chi connectivity index (χ2n) is 5.27. The zero-order valence-corrected chi connectivity index (χ0v) is 19.6. The number of halogens is 4. The quantitative estimate of drug-likeness (QED) is 0.228. The molecule has 2 rings (SSSR count). The van der Waals surface area contributed by atoms with Crippen molar-refractivity contribution in [3.63, 3.8) is 0 Å². The molecule has 7 nitrogen and oxygen atoms in total. The molecule has 0 atom stereocenters. The lowest BCUT2D eigenvalue weighted by molar-refractivity contribution is 0.322. The monoisotopic (exact) mass is 546 g/mol. The van der Waals surface area contributed by atoms with Crippen LogP contribution in [0.25, 0.3) is 0 Å². The Morgan fingerprint density at radius 1 is 1.19 bits per heavy atom. The Labute approximate surface area is 190 Å². The minimum absolute atomic E-state index is 0. The highest BCUT2D eigenvalue weighted by atomic mass is 127. The number of hydrogen-bond acceptors (Lipinski definition) is 4. The Balaban J connectivity index is 0.00000364. The van der Waals surface area contributed by atoms with Gasteiger partial charge in [-0.1, -0.05) is 41.7 Å². The van der Waals surface area contributed by atoms with Crippen LogP contribution >= 0.6 is 58.8 Å². The summed E-state index contributed by atoms with van der Waals surface area (Å²) in [5.41, 5.74) is 0. The summed E-state index contributed by atoms with van der Waals surface area (Å²) < 4.78 is 7.63. The number of hydrogen-bond donors (Lipinski definition) is 2. The summed E-state index contributed by atoms with van der Waals surface area (Å²) in [6.07, 6.45) is 2.57. The summed E-state index contributed by atoms with van der Waals surface area (Å²) >= 11 is 18.0. The number of rotatable bonds is 8. The molecule has 2 N–H and O–H groups in total. The first-order valence-corrected chi connectivity index (χ1v) is 9.27. The lowest BCUT2D eigenvalue weighted by Gasteiger charge is -2.14. The number of nitrogens with zero attached hydrogens (tertiary/aromatic N) is 4. The first-order chi connectivity index (χ1) is 12.5. The van der Waals surface area contributed by atoms with Crippen LogP contribution in [0.1, 0.15) is 12.7 Å². The van der Waals surface area contributed by atoms with Gasteiger partial charge in [0.05, 0.1) is 16.6 Å². The molecular weight excluding hydrogens is 525 g/mol. The van der Waals surface area contributed by atoms with Crippen LogP contribution in [-0.2, 0) is 13.0 Å². The molecule has 150 valence electrons. The summed E-state index contributed by atoms with van der Waals surface area (Å²) in [7, 11) is 1.71. The average Bonchev–Trinajstić information content (AvgIpc) is 3.06. The van der Waals surface area contributed by atoms with Crippen LogP contribution in [0.5, 0.6) is 5.75 Å². The Hall–Kier alpha value is -0.970. The largest absolute Gasteiger partial charge is 0.489 e. The normalized spacial score (nSPS) is 11.1. The Bertz CT molecular complexity index is 733. The molecule has 27 heavy (non-hydrogen) atoms. The predicted molar refractivity (Wildman–Crippen MR) is 121 cm³/mol. The van der Waals surface area contributed by atoms with Gasteiger partial charge in [-0.25, -0.2) is 0 Å². The fourth-order valence-corrected chi connectivity index (χ4v) is 3.17. The lowest BCUT2D eigenvalue weighted by atomic mass is 10.3. The van der Waals surface area contributed by atoms with Crippen LogP contribution in [0, 0.1) is 0 Å². The predicted octanol–water partition coefficient (Wildman–Crippen LogP) is 3.66. The zero-order valence-electron chi connectivity index (χ0n) is 15.0. The highest BCUT2D eigenvalue weighted by Crippen LogP contribution is 2.35. The van der Waals surface area contributed by atoms with Crippen LogP contribution in [0.15, 0.2) is 23.5 Å². The summed E-state index contributed by atoms with van der Waals surface area (Å²) in [4.78, 5) is 4.17. The second kappa shape index (κ2) is 12.5. The SMILES string of the molecule is CCc1nncn1CCNC(=NC)NCCOc1c(Cl)cc(Cl)cc1Cl.I. The Morgan fingerprint density at radius 2 is 1.85 bits per heavy atom. The van der Waals surface area contributed by atoms with Gasteiger partial charge in [0.2, 0.25) is 0 Å². The van der Waals surface area contributed by atoms with Crippen molar-refractivity contribution >= 4 is 64.7 Å². The third-order valence-electron chi connectivity index (χ3n) is 3.48. The molecule has 0 fully saturated rings. The van der Waals surface area contributed by atoms with E-state index in [1.54, 1.807) is 25.5 Å². The van der Waals surface area contributed by atoms with Crippen molar-refractivity contribution in [2.45, 2.75) is 19.9 Å². The van der Waals surface area contributed by atoms with Gasteiger partial charge in [-0.05, 0) is 12.1 Å². The van der Waals surface area contributed by atoms with E-state index in [2.05, 4.69) is 25.8 Å². The van der Waals surface area contributed by atoms with Gasteiger partial charge >= 0.3 is 0 Å². The smallest absolute Gasteiger partial charge is 0.191 e. The third-order valence-corrected chi connectivity index (χ3v) is 4.26. The fourth-order valence-electron chi connectivity index (χ4n) is 2.24. The summed E-state index contributed by atoms with van der Waals surface area (Å²) in [5.74, 6) is 2.05. The number of aliphatic imine (C=N–C) groups is 1. The molecule has 0 saturated heterocycles. The minimum Gasteiger partial charge on any atom is -0.489 e. The van der Waals surface area contributed by atoms with Crippen molar-refractivity contribution in [3.8, 4) is 5.75 Å². The van der Waals surface area contributed by atoms with E-state index in [1.165, 1.54) is 0 Å². The first kappa shape index (κ1) is 24.1. The maximum absolute atomic E-state index is 6.08. The molecule has 0 unspecified atom stereocenters. The number of nitrogens with one attached hydrogen (secondary N) is 2. The molecule has 1 aromatic carbocycles. The van der Waals surface area contributed by atoms with Gasteiger partial charge in [0.15, 0.2) is 11.7 Å². The van der Waals surface area contributed by atoms with Gasteiger partial charge in [-0.3, -0.25) is 4.99 Å². The van der Waals surface area contributed by atoms with Gasteiger partial charge in [0.1, 0.15) is 18.8 Å². The molecule has 0 aliphatic heterocycles. The number of aryl methyl sites for hydroxylation is 1. The van der Waals surface area contributed by atoms with Crippen molar-refractivity contribution in [3.05, 3.63) is 39.4 Å². The molecule has 0 bridgehead atoms. The Kier molecular flexibility index (Phi) is 11.1. The van der Waals surface area contributed by atoms with Crippen molar-refractivity contribution in [1.82, 2.24) is 25.4 Å². The van der Waals surface area contributed by atoms with Crippen LogP contribution in [-0.4, -0.2) is 47.5 Å². The second-order valence-corrected chi connectivity index (χ2v) is 6.52. The van der Waals surface area contributed by atoms with Gasteiger partial charge in [-0.15, -0.1) is 34.2 Å². The molecule has 0 spiro atoms. The van der Waals surface area contributed by atoms with Gasteiger partial charge < -0.3 is 19.9 Å². The van der Waals surface area contributed by atoms with Crippen molar-refractivity contribution in [2.24, 2.45) is 4.99 Å². The third kappa shape index (κ3) is 7.52. The van der Waals surface area contributed by atoms with Crippen LogP contribution in [0.4, 0.5) is 0 Å². The maximum Gasteiger partial charge on any atom is 0.191 e. The molecule has 0 amide bonds. The fraction of sp³-hybridized carbons (Fsp3) is 0.438. The van der Waals surface area contributed by atoms with E-state index < -0.39 is 0 Å². The van der Waals surface area contributed by atoms with E-state index in [0.717, 1.165) is 18.8 Å². The van der Waals surface area contributed by atoms with Crippen molar-refractivity contribution in [1.29, 1.82) is 0 Å². The van der Waals surface area contributed by atoms with Crippen molar-refractivity contribution < 1.29 is 4.74 Å². The molecule has 0 aliphatic carbocycles. The van der Waals surface area contributed by atoms with Crippen LogP contribution in [0.3, 0.4) is 0 Å². The van der Waals surface area contributed by atoms with E-state index in [9.17, 15) is 0 Å². The lowest BCUT2D eigenvalue weighted by Crippen LogP contribution is -2.40. The van der Waals surface area contributed by atoms with Crippen LogP contribution in [0.2, 0.25) is 15.1 Å². The maximum atomic E-state index is 6.08. The summed E-state index contributed by atoms with van der Waals surface area (Å²) in [6.45, 7) is 4.40. The number of ether oxygens (including phenoxy) is 1. The van der Waals surface area contributed by atoms with E-state index >= 15 is 0 Å². The van der Waals surface area contributed by atoms with Gasteiger partial charge in [0.25, 0.3) is 0 Å². The molecular formula is C16H22Cl3IN6O. The highest BCUT2D eigenvalue weighted by molar-refractivity contribution is 14.0. The molecule has 11 heteroatoms. The molecule has 0 saturated carbocycles. The van der Waals surface area contributed by atoms with Gasteiger partial charge in [0, 0.05) is 31.6 Å². The van der Waals surface area contributed by atoms with Crippen LogP contribution < -0.4 is 15.4 Å². The summed E-state index contributed by atoms with van der Waals surface area (Å²) in [6, 6.07) is 3.18. The summed E-state index contributed by atoms with van der Waals surface area (Å²) in [5, 5.41) is 15.6. The first-order valence-electron chi connectivity index (χ1n) is 8.13. The molecule has 0 aliphatic rings. The molecule has 1 aromatic heterocycles. The zero-order chi connectivity index (χ0) is 18.9. The number of aromatic nitrogens is 3. The molecule has 2 aromatic rings. The minimum atomic E-state index is 0. The number of guanidine groups is 1. The van der Waals surface area contributed by atoms with E-state index in [4.69, 9.17) is 39.5 Å². The highest BCUT2D eigenvalue weighted by Gasteiger charge is 2.09. The van der Waals surface area contributed by atoms with E-state index in [-0.39, 0.29) is 24.0 Å². The van der Waals surface area contributed by atoms with E-state index in [0.29, 0.717) is 46.5 Å². The topological polar surface area (TPSA) is 76.4 Å². The van der Waals surface area contributed by atoms with Crippen molar-refractivity contribution in [2.75, 3.05) is 26.7 Å². The number of benzene rings is 1.